The Hall–Kier alpha value is -0.910. The van der Waals surface area contributed by atoms with Gasteiger partial charge in [-0.3, -0.25) is 0 Å². The Balaban J connectivity index is 1.79. The average Bonchev–Trinajstić information content (AvgIpc) is 2.74. The minimum atomic E-state index is -0.414. The first-order valence-electron chi connectivity index (χ1n) is 7.30. The van der Waals surface area contributed by atoms with Gasteiger partial charge < -0.3 is 14.5 Å². The summed E-state index contributed by atoms with van der Waals surface area (Å²) in [5.74, 6) is 0.326. The molecule has 6 heteroatoms. The van der Waals surface area contributed by atoms with Gasteiger partial charge in [-0.2, -0.15) is 0 Å². The van der Waals surface area contributed by atoms with Crippen molar-refractivity contribution in [2.45, 2.75) is 25.8 Å². The van der Waals surface area contributed by atoms with E-state index in [4.69, 9.17) is 23.8 Å². The molecule has 1 aliphatic heterocycles. The highest BCUT2D eigenvalue weighted by Crippen LogP contribution is 2.25. The summed E-state index contributed by atoms with van der Waals surface area (Å²) in [6.45, 7) is 3.19. The fourth-order valence-corrected chi connectivity index (χ4v) is 3.49. The molecule has 1 fully saturated rings. The van der Waals surface area contributed by atoms with E-state index in [-0.39, 0.29) is 5.02 Å². The number of fused-ring (bicyclic) bond motifs is 1. The Labute approximate surface area is 133 Å². The number of nitrogens with zero attached hydrogens (tertiary/aromatic N) is 2. The third kappa shape index (κ3) is 3.15. The quantitative estimate of drug-likeness (QED) is 0.853. The van der Waals surface area contributed by atoms with Crippen LogP contribution in [0.15, 0.2) is 12.1 Å². The lowest BCUT2D eigenvalue weighted by molar-refractivity contribution is 0.208. The van der Waals surface area contributed by atoms with Gasteiger partial charge in [-0.1, -0.05) is 11.6 Å². The Morgan fingerprint density at radius 1 is 1.38 bits per heavy atom. The maximum atomic E-state index is 13.5. The molecule has 2 heterocycles. The fraction of sp³-hybridized carbons (Fsp3) is 0.533. The molecule has 2 aromatic rings. The van der Waals surface area contributed by atoms with Crippen molar-refractivity contribution in [1.29, 1.82) is 0 Å². The number of aromatic nitrogens is 2. The number of piperidine rings is 1. The molecule has 0 spiro atoms. The van der Waals surface area contributed by atoms with Gasteiger partial charge in [-0.25, -0.2) is 4.39 Å². The van der Waals surface area contributed by atoms with Crippen LogP contribution in [0.1, 0.15) is 19.3 Å². The summed E-state index contributed by atoms with van der Waals surface area (Å²) >= 11 is 11.3. The Morgan fingerprint density at radius 2 is 2.10 bits per heavy atom. The highest BCUT2D eigenvalue weighted by atomic mass is 35.5. The van der Waals surface area contributed by atoms with Crippen molar-refractivity contribution in [1.82, 2.24) is 14.5 Å². The molecule has 0 saturated carbocycles. The predicted molar refractivity (Wildman–Crippen MR) is 86.9 cm³/mol. The molecule has 3 nitrogen and oxygen atoms in total. The molecule has 0 amide bonds. The number of rotatable bonds is 3. The number of nitrogens with one attached hydrogen (secondary N) is 1. The second kappa shape index (κ2) is 6.07. The molecular weight excluding hydrogens is 309 g/mol. The fourth-order valence-electron chi connectivity index (χ4n) is 3.04. The number of imidazole rings is 1. The molecule has 0 unspecified atom stereocenters. The SMILES string of the molecule is CN1CCC(CCn2c(=S)[nH]c3cc(F)c(Cl)cc32)CC1. The first-order valence-corrected chi connectivity index (χ1v) is 8.09. The smallest absolute Gasteiger partial charge is 0.178 e. The van der Waals surface area contributed by atoms with Crippen molar-refractivity contribution in [3.8, 4) is 0 Å². The summed E-state index contributed by atoms with van der Waals surface area (Å²) in [5.41, 5.74) is 1.60. The summed E-state index contributed by atoms with van der Waals surface area (Å²) in [5, 5.41) is 0.143. The lowest BCUT2D eigenvalue weighted by Crippen LogP contribution is -2.30. The molecule has 1 aromatic carbocycles. The third-order valence-electron chi connectivity index (χ3n) is 4.42. The van der Waals surface area contributed by atoms with Crippen molar-refractivity contribution in [2.24, 2.45) is 5.92 Å². The summed E-state index contributed by atoms with van der Waals surface area (Å²) in [7, 11) is 2.17. The molecule has 0 bridgehead atoms. The molecule has 1 aliphatic rings. The van der Waals surface area contributed by atoms with Crippen LogP contribution in [0.2, 0.25) is 5.02 Å². The highest BCUT2D eigenvalue weighted by Gasteiger charge is 2.17. The Morgan fingerprint density at radius 3 is 2.81 bits per heavy atom. The van der Waals surface area contributed by atoms with Gasteiger partial charge in [0.2, 0.25) is 0 Å². The molecule has 21 heavy (non-hydrogen) atoms. The molecule has 114 valence electrons. The minimum absolute atomic E-state index is 0.143. The largest absolute Gasteiger partial charge is 0.330 e. The second-order valence-corrected chi connectivity index (χ2v) is 6.69. The van der Waals surface area contributed by atoms with Crippen molar-refractivity contribution in [3.05, 3.63) is 27.7 Å². The zero-order valence-electron chi connectivity index (χ0n) is 12.0. The predicted octanol–water partition coefficient (Wildman–Crippen LogP) is 4.22. The minimum Gasteiger partial charge on any atom is -0.330 e. The summed E-state index contributed by atoms with van der Waals surface area (Å²) in [4.78, 5) is 5.43. The van der Waals surface area contributed by atoms with E-state index in [9.17, 15) is 4.39 Å². The summed E-state index contributed by atoms with van der Waals surface area (Å²) in [6, 6.07) is 3.08. The zero-order valence-corrected chi connectivity index (χ0v) is 13.6. The van der Waals surface area contributed by atoms with E-state index in [1.807, 2.05) is 4.57 Å². The lowest BCUT2D eigenvalue weighted by atomic mass is 9.94. The monoisotopic (exact) mass is 327 g/mol. The van der Waals surface area contributed by atoms with Gasteiger partial charge in [0.15, 0.2) is 4.77 Å². The van der Waals surface area contributed by atoms with E-state index >= 15 is 0 Å². The van der Waals surface area contributed by atoms with Gasteiger partial charge in [0.05, 0.1) is 16.1 Å². The maximum absolute atomic E-state index is 13.5. The van der Waals surface area contributed by atoms with Gasteiger partial charge in [-0.05, 0) is 63.6 Å². The molecular formula is C15H19ClFN3S. The molecule has 0 radical (unpaired) electrons. The molecule has 1 N–H and O–H groups in total. The maximum Gasteiger partial charge on any atom is 0.178 e. The van der Waals surface area contributed by atoms with Crippen LogP contribution in [-0.2, 0) is 6.54 Å². The van der Waals surface area contributed by atoms with Crippen molar-refractivity contribution >= 4 is 34.9 Å². The van der Waals surface area contributed by atoms with Crippen LogP contribution in [0.3, 0.4) is 0 Å². The van der Waals surface area contributed by atoms with Crippen LogP contribution < -0.4 is 0 Å². The van der Waals surface area contributed by atoms with Gasteiger partial charge in [0, 0.05) is 12.6 Å². The number of benzene rings is 1. The van der Waals surface area contributed by atoms with Gasteiger partial charge in [0.1, 0.15) is 5.82 Å². The first kappa shape index (κ1) is 15.0. The lowest BCUT2D eigenvalue weighted by Gasteiger charge is -2.28. The summed E-state index contributed by atoms with van der Waals surface area (Å²) in [6.07, 6.45) is 3.58. The number of aromatic amines is 1. The number of H-pyrrole nitrogens is 1. The Kier molecular flexibility index (Phi) is 4.33. The molecule has 1 aromatic heterocycles. The van der Waals surface area contributed by atoms with E-state index in [0.717, 1.165) is 24.4 Å². The molecule has 0 aliphatic carbocycles. The van der Waals surface area contributed by atoms with Crippen molar-refractivity contribution < 1.29 is 4.39 Å². The van der Waals surface area contributed by atoms with E-state index in [1.165, 1.54) is 32.0 Å². The number of likely N-dealkylation sites (tertiary alicyclic amines) is 1. The van der Waals surface area contributed by atoms with Crippen LogP contribution in [0.4, 0.5) is 4.39 Å². The number of halogens is 2. The van der Waals surface area contributed by atoms with Crippen LogP contribution in [0.25, 0.3) is 11.0 Å². The molecule has 3 rings (SSSR count). The van der Waals surface area contributed by atoms with Crippen LogP contribution in [-0.4, -0.2) is 34.6 Å². The standard InChI is InChI=1S/C15H19ClFN3S/c1-19-5-2-10(3-6-19)4-7-20-14-8-11(16)12(17)9-13(14)18-15(20)21/h8-10H,2-7H2,1H3,(H,18,21). The normalized spacial score (nSPS) is 17.7. The number of aryl methyl sites for hydroxylation is 1. The van der Waals surface area contributed by atoms with Crippen molar-refractivity contribution in [2.75, 3.05) is 20.1 Å². The third-order valence-corrected chi connectivity index (χ3v) is 5.03. The van der Waals surface area contributed by atoms with Crippen LogP contribution in [0, 0.1) is 16.5 Å². The first-order chi connectivity index (χ1) is 10.0. The topological polar surface area (TPSA) is 24.0 Å². The zero-order chi connectivity index (χ0) is 15.0. The van der Waals surface area contributed by atoms with E-state index in [0.29, 0.717) is 10.3 Å². The number of hydrogen-bond acceptors (Lipinski definition) is 2. The van der Waals surface area contributed by atoms with Gasteiger partial charge in [-0.15, -0.1) is 0 Å². The van der Waals surface area contributed by atoms with Crippen LogP contribution >= 0.6 is 23.8 Å². The number of hydrogen-bond donors (Lipinski definition) is 1. The summed E-state index contributed by atoms with van der Waals surface area (Å²) < 4.78 is 16.2. The average molecular weight is 328 g/mol. The second-order valence-electron chi connectivity index (χ2n) is 5.90. The van der Waals surface area contributed by atoms with E-state index in [1.54, 1.807) is 6.07 Å². The Bertz CT molecular complexity index is 701. The van der Waals surface area contributed by atoms with Crippen LogP contribution in [0.5, 0.6) is 0 Å². The molecule has 1 saturated heterocycles. The van der Waals surface area contributed by atoms with Crippen molar-refractivity contribution in [3.63, 3.8) is 0 Å². The van der Waals surface area contributed by atoms with E-state index in [2.05, 4.69) is 16.9 Å². The van der Waals surface area contributed by atoms with Gasteiger partial charge >= 0.3 is 0 Å². The molecule has 0 atom stereocenters. The van der Waals surface area contributed by atoms with E-state index < -0.39 is 5.82 Å². The van der Waals surface area contributed by atoms with Gasteiger partial charge in [0.25, 0.3) is 0 Å². The highest BCUT2D eigenvalue weighted by molar-refractivity contribution is 7.71.